The first kappa shape index (κ1) is 19.5. The number of pyridine rings is 2. The first-order valence-corrected chi connectivity index (χ1v) is 9.59. The lowest BCUT2D eigenvalue weighted by atomic mass is 10.0. The molecular weight excluding hydrogens is 383 g/mol. The number of nitrogens with zero attached hydrogens (tertiary/aromatic N) is 4. The maximum atomic E-state index is 13.3. The molecule has 0 saturated heterocycles. The number of anilines is 1. The molecule has 0 saturated carbocycles. The van der Waals surface area contributed by atoms with Crippen LogP contribution in [0.1, 0.15) is 41.0 Å². The molecule has 0 fully saturated rings. The van der Waals surface area contributed by atoms with Crippen molar-refractivity contribution in [1.29, 1.82) is 0 Å². The summed E-state index contributed by atoms with van der Waals surface area (Å²) in [5.74, 6) is -0.600. The summed E-state index contributed by atoms with van der Waals surface area (Å²) in [6, 6.07) is 7.52. The standard InChI is InChI=1S/C22H21FN6O/c1-3-19(16-8-9-26-13(2)21(16)24)28-22(30)18-10-25-12-20-17(18)11-27-29(20)15-6-4-14(23)5-7-15/h4-12,19H,3,24H2,1-2H3,(H,28,30)/t19-/m0/s1. The third kappa shape index (κ3) is 3.47. The van der Waals surface area contributed by atoms with Gasteiger partial charge in [-0.3, -0.25) is 14.8 Å². The number of halogens is 1. The lowest BCUT2D eigenvalue weighted by Crippen LogP contribution is -2.29. The molecule has 0 aliphatic heterocycles. The number of amides is 1. The SMILES string of the molecule is CC[C@H](NC(=O)c1cncc2c1cnn2-c1ccc(F)cc1)c1ccnc(C)c1N. The number of hydrogen-bond acceptors (Lipinski definition) is 5. The average Bonchev–Trinajstić information content (AvgIpc) is 3.19. The Bertz CT molecular complexity index is 1220. The lowest BCUT2D eigenvalue weighted by Gasteiger charge is -2.20. The number of nitrogens with two attached hydrogens (primary N) is 1. The number of hydrogen-bond donors (Lipinski definition) is 2. The third-order valence-electron chi connectivity index (χ3n) is 5.12. The van der Waals surface area contributed by atoms with Gasteiger partial charge in [0.1, 0.15) is 5.82 Å². The monoisotopic (exact) mass is 404 g/mol. The fourth-order valence-corrected chi connectivity index (χ4v) is 3.45. The van der Waals surface area contributed by atoms with E-state index in [1.165, 1.54) is 18.3 Å². The molecule has 0 spiro atoms. The van der Waals surface area contributed by atoms with Gasteiger partial charge in [0.05, 0.1) is 46.6 Å². The number of benzene rings is 1. The van der Waals surface area contributed by atoms with E-state index in [1.54, 1.807) is 35.4 Å². The molecule has 152 valence electrons. The van der Waals surface area contributed by atoms with Gasteiger partial charge in [0.2, 0.25) is 0 Å². The number of rotatable bonds is 5. The van der Waals surface area contributed by atoms with E-state index in [0.717, 1.165) is 11.3 Å². The summed E-state index contributed by atoms with van der Waals surface area (Å²) in [5.41, 5.74) is 10.0. The van der Waals surface area contributed by atoms with Crippen LogP contribution in [0.5, 0.6) is 0 Å². The Hall–Kier alpha value is -3.81. The van der Waals surface area contributed by atoms with E-state index in [2.05, 4.69) is 20.4 Å². The van der Waals surface area contributed by atoms with Crippen LogP contribution in [0.4, 0.5) is 10.1 Å². The highest BCUT2D eigenvalue weighted by Gasteiger charge is 2.20. The zero-order chi connectivity index (χ0) is 21.3. The van der Waals surface area contributed by atoms with E-state index in [4.69, 9.17) is 5.73 Å². The summed E-state index contributed by atoms with van der Waals surface area (Å²) in [6.45, 7) is 3.81. The Balaban J connectivity index is 1.68. The Kier molecular flexibility index (Phi) is 5.14. The Morgan fingerprint density at radius 1 is 1.20 bits per heavy atom. The minimum absolute atomic E-state index is 0.262. The van der Waals surface area contributed by atoms with Crippen LogP contribution >= 0.6 is 0 Å². The summed E-state index contributed by atoms with van der Waals surface area (Å²) in [7, 11) is 0. The first-order valence-electron chi connectivity index (χ1n) is 9.59. The minimum Gasteiger partial charge on any atom is -0.397 e. The van der Waals surface area contributed by atoms with E-state index < -0.39 is 0 Å². The van der Waals surface area contributed by atoms with E-state index in [0.29, 0.717) is 34.3 Å². The van der Waals surface area contributed by atoms with Crippen LogP contribution in [0.3, 0.4) is 0 Å². The Morgan fingerprint density at radius 2 is 1.97 bits per heavy atom. The van der Waals surface area contributed by atoms with Crippen molar-refractivity contribution < 1.29 is 9.18 Å². The van der Waals surface area contributed by atoms with Crippen LogP contribution in [0.15, 0.2) is 55.1 Å². The van der Waals surface area contributed by atoms with E-state index in [1.807, 2.05) is 19.9 Å². The molecule has 30 heavy (non-hydrogen) atoms. The second-order valence-electron chi connectivity index (χ2n) is 6.99. The zero-order valence-corrected chi connectivity index (χ0v) is 16.6. The molecule has 1 amide bonds. The Morgan fingerprint density at radius 3 is 2.70 bits per heavy atom. The van der Waals surface area contributed by atoms with E-state index in [-0.39, 0.29) is 17.8 Å². The molecule has 0 bridgehead atoms. The van der Waals surface area contributed by atoms with Crippen LogP contribution in [-0.4, -0.2) is 25.7 Å². The summed E-state index contributed by atoms with van der Waals surface area (Å²) in [6.07, 6.45) is 7.11. The smallest absolute Gasteiger partial charge is 0.254 e. The van der Waals surface area contributed by atoms with Crippen molar-refractivity contribution in [2.45, 2.75) is 26.3 Å². The van der Waals surface area contributed by atoms with Gasteiger partial charge in [-0.2, -0.15) is 5.10 Å². The molecule has 0 unspecified atom stereocenters. The van der Waals surface area contributed by atoms with Gasteiger partial charge < -0.3 is 11.1 Å². The predicted molar refractivity (Wildman–Crippen MR) is 113 cm³/mol. The van der Waals surface area contributed by atoms with Gasteiger partial charge in [0.15, 0.2) is 0 Å². The fraction of sp³-hybridized carbons (Fsp3) is 0.182. The second kappa shape index (κ2) is 7.90. The molecule has 7 nitrogen and oxygen atoms in total. The molecule has 1 atom stereocenters. The second-order valence-corrected chi connectivity index (χ2v) is 6.99. The maximum absolute atomic E-state index is 13.3. The number of carbonyl (C=O) groups is 1. The zero-order valence-electron chi connectivity index (χ0n) is 16.6. The highest BCUT2D eigenvalue weighted by atomic mass is 19.1. The summed E-state index contributed by atoms with van der Waals surface area (Å²) >= 11 is 0. The number of aryl methyl sites for hydroxylation is 1. The number of carbonyl (C=O) groups excluding carboxylic acids is 1. The topological polar surface area (TPSA) is 98.7 Å². The predicted octanol–water partition coefficient (Wildman–Crippen LogP) is 3.73. The minimum atomic E-state index is -0.329. The molecule has 3 N–H and O–H groups in total. The highest BCUT2D eigenvalue weighted by molar-refractivity contribution is 6.06. The largest absolute Gasteiger partial charge is 0.397 e. The van der Waals surface area contributed by atoms with Gasteiger partial charge in [-0.25, -0.2) is 9.07 Å². The number of nitrogens with one attached hydrogen (secondary N) is 1. The molecule has 3 heterocycles. The van der Waals surface area contributed by atoms with E-state index >= 15 is 0 Å². The number of fused-ring (bicyclic) bond motifs is 1. The van der Waals surface area contributed by atoms with Crippen molar-refractivity contribution in [1.82, 2.24) is 25.1 Å². The molecule has 1 aromatic carbocycles. The van der Waals surface area contributed by atoms with Crippen LogP contribution in [-0.2, 0) is 0 Å². The number of nitrogen functional groups attached to an aromatic ring is 1. The van der Waals surface area contributed by atoms with Gasteiger partial charge in [-0.05, 0) is 43.7 Å². The quantitative estimate of drug-likeness (QED) is 0.528. The first-order chi connectivity index (χ1) is 14.5. The third-order valence-corrected chi connectivity index (χ3v) is 5.12. The highest BCUT2D eigenvalue weighted by Crippen LogP contribution is 2.26. The van der Waals surface area contributed by atoms with Crippen molar-refractivity contribution in [3.8, 4) is 5.69 Å². The summed E-state index contributed by atoms with van der Waals surface area (Å²) < 4.78 is 14.9. The van der Waals surface area contributed by atoms with Crippen LogP contribution < -0.4 is 11.1 Å². The average molecular weight is 404 g/mol. The molecule has 4 aromatic rings. The number of aromatic nitrogens is 4. The van der Waals surface area contributed by atoms with Gasteiger partial charge in [-0.1, -0.05) is 6.92 Å². The molecule has 3 aromatic heterocycles. The van der Waals surface area contributed by atoms with Crippen molar-refractivity contribution in [2.24, 2.45) is 0 Å². The lowest BCUT2D eigenvalue weighted by molar-refractivity contribution is 0.0937. The summed E-state index contributed by atoms with van der Waals surface area (Å²) in [5, 5.41) is 8.06. The van der Waals surface area contributed by atoms with Gasteiger partial charge in [-0.15, -0.1) is 0 Å². The van der Waals surface area contributed by atoms with Crippen molar-refractivity contribution in [3.05, 3.63) is 77.8 Å². The Labute approximate surface area is 172 Å². The molecule has 0 radical (unpaired) electrons. The van der Waals surface area contributed by atoms with Crippen molar-refractivity contribution >= 4 is 22.5 Å². The van der Waals surface area contributed by atoms with Gasteiger partial charge in [0.25, 0.3) is 5.91 Å². The maximum Gasteiger partial charge on any atom is 0.254 e. The van der Waals surface area contributed by atoms with Gasteiger partial charge in [0, 0.05) is 23.3 Å². The molecular formula is C22H21FN6O. The molecule has 4 rings (SSSR count). The fourth-order valence-electron chi connectivity index (χ4n) is 3.45. The molecule has 0 aliphatic rings. The molecule has 0 aliphatic carbocycles. The molecule has 8 heteroatoms. The summed E-state index contributed by atoms with van der Waals surface area (Å²) in [4.78, 5) is 21.5. The normalized spacial score (nSPS) is 12.1. The van der Waals surface area contributed by atoms with Crippen LogP contribution in [0, 0.1) is 12.7 Å². The van der Waals surface area contributed by atoms with Crippen molar-refractivity contribution in [3.63, 3.8) is 0 Å². The van der Waals surface area contributed by atoms with Crippen LogP contribution in [0.2, 0.25) is 0 Å². The van der Waals surface area contributed by atoms with Gasteiger partial charge >= 0.3 is 0 Å². The van der Waals surface area contributed by atoms with E-state index in [9.17, 15) is 9.18 Å². The van der Waals surface area contributed by atoms with Crippen LogP contribution in [0.25, 0.3) is 16.6 Å². The van der Waals surface area contributed by atoms with Crippen molar-refractivity contribution in [2.75, 3.05) is 5.73 Å².